The lowest BCUT2D eigenvalue weighted by Crippen LogP contribution is -2.38. The van der Waals surface area contributed by atoms with Crippen molar-refractivity contribution in [3.63, 3.8) is 0 Å². The van der Waals surface area contributed by atoms with Gasteiger partial charge in [0.1, 0.15) is 0 Å². The first-order valence-electron chi connectivity index (χ1n) is 6.32. The Hall–Kier alpha value is -1.71. The topological polar surface area (TPSA) is 60.8 Å². The summed E-state index contributed by atoms with van der Waals surface area (Å²) in [6.07, 6.45) is 2.38. The summed E-state index contributed by atoms with van der Waals surface area (Å²) in [6.45, 7) is 4.75. The number of phenolic OH excluding ortho intramolecular Hbond substituents is 2. The molecule has 0 aromatic heterocycles. The van der Waals surface area contributed by atoms with Crippen molar-refractivity contribution in [3.05, 3.63) is 23.8 Å². The molecular weight excluding hydrogens is 230 g/mol. The summed E-state index contributed by atoms with van der Waals surface area (Å²) in [5.41, 5.74) is 0.416. The van der Waals surface area contributed by atoms with Crippen molar-refractivity contribution in [2.75, 3.05) is 6.54 Å². The Morgan fingerprint density at radius 3 is 2.50 bits per heavy atom. The van der Waals surface area contributed by atoms with Crippen LogP contribution in [0.15, 0.2) is 18.2 Å². The fourth-order valence-electron chi connectivity index (χ4n) is 1.93. The van der Waals surface area contributed by atoms with Crippen molar-refractivity contribution in [1.82, 2.24) is 4.90 Å². The lowest BCUT2D eigenvalue weighted by molar-refractivity contribution is 0.0696. The maximum atomic E-state index is 12.3. The molecule has 1 aliphatic carbocycles. The van der Waals surface area contributed by atoms with Gasteiger partial charge >= 0.3 is 0 Å². The quantitative estimate of drug-likeness (QED) is 0.805. The number of rotatable bonds is 4. The Morgan fingerprint density at radius 1 is 1.33 bits per heavy atom. The minimum atomic E-state index is -0.254. The van der Waals surface area contributed by atoms with Crippen LogP contribution in [0.2, 0.25) is 0 Å². The molecular formula is C14H19NO3. The molecule has 1 aliphatic rings. The third-order valence-corrected chi connectivity index (χ3v) is 3.26. The van der Waals surface area contributed by atoms with Gasteiger partial charge in [-0.1, -0.05) is 0 Å². The van der Waals surface area contributed by atoms with Gasteiger partial charge in [-0.2, -0.15) is 0 Å². The first kappa shape index (κ1) is 12.7. The number of hydrogen-bond donors (Lipinski definition) is 2. The van der Waals surface area contributed by atoms with Crippen molar-refractivity contribution in [3.8, 4) is 11.5 Å². The summed E-state index contributed by atoms with van der Waals surface area (Å²) >= 11 is 0. The van der Waals surface area contributed by atoms with Crippen LogP contribution < -0.4 is 0 Å². The van der Waals surface area contributed by atoms with E-state index in [4.69, 9.17) is 0 Å². The molecule has 1 fully saturated rings. The second-order valence-corrected chi connectivity index (χ2v) is 5.20. The standard InChI is InChI=1S/C14H19NO3/c1-9(2)15(8-10-3-4-10)14(18)11-5-6-12(16)13(17)7-11/h5-7,9-10,16-17H,3-4,8H2,1-2H3. The fourth-order valence-corrected chi connectivity index (χ4v) is 1.93. The highest BCUT2D eigenvalue weighted by molar-refractivity contribution is 5.95. The van der Waals surface area contributed by atoms with Gasteiger partial charge in [-0.3, -0.25) is 4.79 Å². The van der Waals surface area contributed by atoms with Gasteiger partial charge in [0, 0.05) is 18.2 Å². The molecule has 18 heavy (non-hydrogen) atoms. The van der Waals surface area contributed by atoms with E-state index in [1.54, 1.807) is 6.07 Å². The number of nitrogens with zero attached hydrogens (tertiary/aromatic N) is 1. The van der Waals surface area contributed by atoms with Crippen LogP contribution >= 0.6 is 0 Å². The Morgan fingerprint density at radius 2 is 2.00 bits per heavy atom. The second-order valence-electron chi connectivity index (χ2n) is 5.20. The monoisotopic (exact) mass is 249 g/mol. The van der Waals surface area contributed by atoms with Crippen LogP contribution in [0.1, 0.15) is 37.0 Å². The summed E-state index contributed by atoms with van der Waals surface area (Å²) in [4.78, 5) is 14.2. The van der Waals surface area contributed by atoms with E-state index in [1.165, 1.54) is 25.0 Å². The average Bonchev–Trinajstić information content (AvgIpc) is 3.12. The molecule has 0 unspecified atom stereocenters. The molecule has 98 valence electrons. The van der Waals surface area contributed by atoms with Crippen molar-refractivity contribution in [2.24, 2.45) is 5.92 Å². The van der Waals surface area contributed by atoms with Gasteiger partial charge in [0.15, 0.2) is 11.5 Å². The molecule has 4 heteroatoms. The van der Waals surface area contributed by atoms with Gasteiger partial charge in [-0.25, -0.2) is 0 Å². The van der Waals surface area contributed by atoms with Crippen LogP contribution in [-0.4, -0.2) is 33.6 Å². The van der Waals surface area contributed by atoms with E-state index in [-0.39, 0.29) is 23.4 Å². The highest BCUT2D eigenvalue weighted by atomic mass is 16.3. The Labute approximate surface area is 107 Å². The van der Waals surface area contributed by atoms with Gasteiger partial charge in [-0.05, 0) is 50.8 Å². The van der Waals surface area contributed by atoms with Crippen LogP contribution in [0.25, 0.3) is 0 Å². The maximum Gasteiger partial charge on any atom is 0.254 e. The van der Waals surface area contributed by atoms with Gasteiger partial charge in [0.25, 0.3) is 5.91 Å². The molecule has 4 nitrogen and oxygen atoms in total. The van der Waals surface area contributed by atoms with E-state index in [9.17, 15) is 15.0 Å². The zero-order valence-corrected chi connectivity index (χ0v) is 10.8. The number of aromatic hydroxyl groups is 2. The van der Waals surface area contributed by atoms with E-state index in [0.717, 1.165) is 6.54 Å². The normalized spacial score (nSPS) is 14.8. The Kier molecular flexibility index (Phi) is 3.45. The van der Waals surface area contributed by atoms with E-state index in [2.05, 4.69) is 0 Å². The predicted octanol–water partition coefficient (Wildman–Crippen LogP) is 2.36. The zero-order valence-electron chi connectivity index (χ0n) is 10.8. The van der Waals surface area contributed by atoms with Crippen LogP contribution in [0.5, 0.6) is 11.5 Å². The maximum absolute atomic E-state index is 12.3. The predicted molar refractivity (Wildman–Crippen MR) is 68.7 cm³/mol. The summed E-state index contributed by atoms with van der Waals surface area (Å²) in [5, 5.41) is 18.7. The molecule has 0 spiro atoms. The number of hydrogen-bond acceptors (Lipinski definition) is 3. The van der Waals surface area contributed by atoms with Crippen LogP contribution in [-0.2, 0) is 0 Å². The fraction of sp³-hybridized carbons (Fsp3) is 0.500. The third-order valence-electron chi connectivity index (χ3n) is 3.26. The van der Waals surface area contributed by atoms with Crippen LogP contribution in [0.4, 0.5) is 0 Å². The number of benzene rings is 1. The van der Waals surface area contributed by atoms with Crippen LogP contribution in [0.3, 0.4) is 0 Å². The molecule has 2 N–H and O–H groups in total. The number of carbonyl (C=O) groups excluding carboxylic acids is 1. The van der Waals surface area contributed by atoms with Crippen molar-refractivity contribution in [1.29, 1.82) is 0 Å². The summed E-state index contributed by atoms with van der Waals surface area (Å²) in [5.74, 6) is 0.0788. The Bertz CT molecular complexity index is 452. The van der Waals surface area contributed by atoms with E-state index in [1.807, 2.05) is 18.7 Å². The van der Waals surface area contributed by atoms with Crippen molar-refractivity contribution >= 4 is 5.91 Å². The number of carbonyl (C=O) groups is 1. The molecule has 1 amide bonds. The molecule has 2 rings (SSSR count). The van der Waals surface area contributed by atoms with Gasteiger partial charge in [0.05, 0.1) is 0 Å². The minimum absolute atomic E-state index is 0.0906. The van der Waals surface area contributed by atoms with Gasteiger partial charge in [-0.15, -0.1) is 0 Å². The number of amides is 1. The summed E-state index contributed by atoms with van der Waals surface area (Å²) in [6, 6.07) is 4.34. The first-order valence-corrected chi connectivity index (χ1v) is 6.32. The molecule has 0 radical (unpaired) electrons. The van der Waals surface area contributed by atoms with E-state index >= 15 is 0 Å². The van der Waals surface area contributed by atoms with E-state index in [0.29, 0.717) is 11.5 Å². The molecule has 1 aromatic rings. The SMILES string of the molecule is CC(C)N(CC1CC1)C(=O)c1ccc(O)c(O)c1. The number of phenols is 2. The lowest BCUT2D eigenvalue weighted by atomic mass is 10.1. The third kappa shape index (κ3) is 2.75. The molecule has 0 aliphatic heterocycles. The molecule has 1 aromatic carbocycles. The second kappa shape index (κ2) is 4.88. The molecule has 0 saturated heterocycles. The molecule has 0 heterocycles. The largest absolute Gasteiger partial charge is 0.504 e. The summed E-state index contributed by atoms with van der Waals surface area (Å²) < 4.78 is 0. The van der Waals surface area contributed by atoms with E-state index < -0.39 is 0 Å². The molecule has 1 saturated carbocycles. The van der Waals surface area contributed by atoms with Crippen molar-refractivity contribution in [2.45, 2.75) is 32.7 Å². The van der Waals surface area contributed by atoms with Gasteiger partial charge in [0.2, 0.25) is 0 Å². The highest BCUT2D eigenvalue weighted by Crippen LogP contribution is 2.31. The minimum Gasteiger partial charge on any atom is -0.504 e. The highest BCUT2D eigenvalue weighted by Gasteiger charge is 2.28. The first-order chi connectivity index (χ1) is 8.49. The smallest absolute Gasteiger partial charge is 0.254 e. The average molecular weight is 249 g/mol. The zero-order chi connectivity index (χ0) is 13.3. The van der Waals surface area contributed by atoms with Crippen LogP contribution in [0, 0.1) is 5.92 Å². The molecule has 0 bridgehead atoms. The summed E-state index contributed by atoms with van der Waals surface area (Å²) in [7, 11) is 0. The Balaban J connectivity index is 2.18. The lowest BCUT2D eigenvalue weighted by Gasteiger charge is -2.27. The van der Waals surface area contributed by atoms with Gasteiger partial charge < -0.3 is 15.1 Å². The van der Waals surface area contributed by atoms with Crippen molar-refractivity contribution < 1.29 is 15.0 Å². The molecule has 0 atom stereocenters.